The van der Waals surface area contributed by atoms with Gasteiger partial charge in [0, 0.05) is 7.05 Å². The van der Waals surface area contributed by atoms with Crippen LogP contribution in [-0.4, -0.2) is 13.0 Å². The Bertz CT molecular complexity index is 594. The minimum absolute atomic E-state index is 0.0843. The molecule has 0 unspecified atom stereocenters. The third kappa shape index (κ3) is 3.16. The number of hydrogen-bond acceptors (Lipinski definition) is 1. The third-order valence-corrected chi connectivity index (χ3v) is 2.85. The van der Waals surface area contributed by atoms with Crippen molar-refractivity contribution in [2.75, 3.05) is 7.05 Å². The number of nitrogens with one attached hydrogen (secondary N) is 1. The summed E-state index contributed by atoms with van der Waals surface area (Å²) in [7, 11) is 1.53. The highest BCUT2D eigenvalue weighted by molar-refractivity contribution is 5.81. The van der Waals surface area contributed by atoms with E-state index in [1.165, 1.54) is 31.3 Å². The molecule has 98 valence electrons. The molecular weight excluding hydrogens is 248 g/mol. The highest BCUT2D eigenvalue weighted by Gasteiger charge is 2.10. The van der Waals surface area contributed by atoms with Gasteiger partial charge in [-0.3, -0.25) is 4.79 Å². The number of hydrogen-bond donors (Lipinski definition) is 1. The third-order valence-electron chi connectivity index (χ3n) is 2.85. The van der Waals surface area contributed by atoms with E-state index in [2.05, 4.69) is 5.32 Å². The van der Waals surface area contributed by atoms with E-state index in [1.54, 1.807) is 18.2 Å². The van der Waals surface area contributed by atoms with Crippen LogP contribution in [0.4, 0.5) is 8.78 Å². The second kappa shape index (κ2) is 5.61. The second-order valence-corrected chi connectivity index (χ2v) is 4.16. The van der Waals surface area contributed by atoms with E-state index in [0.717, 1.165) is 11.1 Å². The lowest BCUT2D eigenvalue weighted by Gasteiger charge is -2.09. The van der Waals surface area contributed by atoms with Crippen LogP contribution in [0.25, 0.3) is 11.1 Å². The average molecular weight is 261 g/mol. The molecular formula is C15H13F2NO. The Labute approximate surface area is 110 Å². The normalized spacial score (nSPS) is 10.3. The number of rotatable bonds is 3. The van der Waals surface area contributed by atoms with E-state index >= 15 is 0 Å². The molecule has 2 aromatic rings. The monoisotopic (exact) mass is 261 g/mol. The Morgan fingerprint density at radius 1 is 1.05 bits per heavy atom. The Morgan fingerprint density at radius 3 is 2.32 bits per heavy atom. The molecule has 19 heavy (non-hydrogen) atoms. The van der Waals surface area contributed by atoms with Crippen molar-refractivity contribution in [3.63, 3.8) is 0 Å². The van der Waals surface area contributed by atoms with Crippen molar-refractivity contribution in [1.29, 1.82) is 0 Å². The van der Waals surface area contributed by atoms with Crippen molar-refractivity contribution < 1.29 is 13.6 Å². The largest absolute Gasteiger partial charge is 0.359 e. The van der Waals surface area contributed by atoms with E-state index in [4.69, 9.17) is 0 Å². The Kier molecular flexibility index (Phi) is 3.90. The predicted molar refractivity (Wildman–Crippen MR) is 69.6 cm³/mol. The van der Waals surface area contributed by atoms with Gasteiger partial charge < -0.3 is 5.32 Å². The molecule has 4 heteroatoms. The summed E-state index contributed by atoms with van der Waals surface area (Å²) in [6.07, 6.45) is 0.0843. The quantitative estimate of drug-likeness (QED) is 0.904. The zero-order chi connectivity index (χ0) is 13.8. The smallest absolute Gasteiger partial charge is 0.224 e. The molecule has 0 fully saturated rings. The van der Waals surface area contributed by atoms with Crippen LogP contribution < -0.4 is 5.32 Å². The van der Waals surface area contributed by atoms with Gasteiger partial charge in [-0.2, -0.15) is 0 Å². The van der Waals surface area contributed by atoms with Gasteiger partial charge in [-0.15, -0.1) is 0 Å². The van der Waals surface area contributed by atoms with Gasteiger partial charge in [-0.05, 0) is 41.0 Å². The van der Waals surface area contributed by atoms with Crippen LogP contribution in [0.2, 0.25) is 0 Å². The van der Waals surface area contributed by atoms with E-state index in [-0.39, 0.29) is 18.1 Å². The van der Waals surface area contributed by atoms with Gasteiger partial charge >= 0.3 is 0 Å². The molecule has 0 bridgehead atoms. The Balaban J connectivity index is 2.44. The molecule has 2 aromatic carbocycles. The maximum Gasteiger partial charge on any atom is 0.224 e. The first-order chi connectivity index (χ1) is 9.10. The molecule has 0 radical (unpaired) electrons. The first kappa shape index (κ1) is 13.2. The summed E-state index contributed by atoms with van der Waals surface area (Å²) in [6, 6.07) is 10.1. The molecule has 0 heterocycles. The zero-order valence-corrected chi connectivity index (χ0v) is 10.4. The second-order valence-electron chi connectivity index (χ2n) is 4.16. The van der Waals surface area contributed by atoms with Gasteiger partial charge in [0.05, 0.1) is 6.42 Å². The lowest BCUT2D eigenvalue weighted by atomic mass is 9.97. The fourth-order valence-electron chi connectivity index (χ4n) is 1.88. The highest BCUT2D eigenvalue weighted by Crippen LogP contribution is 2.25. The standard InChI is InChI=1S/C15H13F2NO/c1-18-15(19)9-11-8-13(17)6-7-14(11)10-2-4-12(16)5-3-10/h2-8H,9H2,1H3,(H,18,19). The van der Waals surface area contributed by atoms with Gasteiger partial charge in [0.1, 0.15) is 11.6 Å². The SMILES string of the molecule is CNC(=O)Cc1cc(F)ccc1-c1ccc(F)cc1. The Morgan fingerprint density at radius 2 is 1.68 bits per heavy atom. The molecule has 0 aliphatic carbocycles. The number of halogens is 2. The summed E-state index contributed by atoms with van der Waals surface area (Å²) in [5.41, 5.74) is 2.05. The van der Waals surface area contributed by atoms with E-state index in [9.17, 15) is 13.6 Å². The number of benzene rings is 2. The van der Waals surface area contributed by atoms with Crippen LogP contribution in [0, 0.1) is 11.6 Å². The maximum atomic E-state index is 13.3. The summed E-state index contributed by atoms with van der Waals surface area (Å²) in [5.74, 6) is -0.933. The van der Waals surface area contributed by atoms with Gasteiger partial charge in [-0.25, -0.2) is 8.78 Å². The van der Waals surface area contributed by atoms with E-state index in [1.807, 2.05) is 0 Å². The van der Waals surface area contributed by atoms with Crippen LogP contribution in [0.3, 0.4) is 0 Å². The van der Waals surface area contributed by atoms with Gasteiger partial charge in [-0.1, -0.05) is 18.2 Å². The molecule has 0 spiro atoms. The van der Waals surface area contributed by atoms with Crippen molar-refractivity contribution in [2.24, 2.45) is 0 Å². The van der Waals surface area contributed by atoms with Crippen molar-refractivity contribution >= 4 is 5.91 Å². The van der Waals surface area contributed by atoms with Gasteiger partial charge in [0.2, 0.25) is 5.91 Å². The summed E-state index contributed by atoms with van der Waals surface area (Å²) in [4.78, 5) is 11.4. The fraction of sp³-hybridized carbons (Fsp3) is 0.133. The van der Waals surface area contributed by atoms with Gasteiger partial charge in [0.15, 0.2) is 0 Å². The lowest BCUT2D eigenvalue weighted by molar-refractivity contribution is -0.119. The minimum Gasteiger partial charge on any atom is -0.359 e. The number of carbonyl (C=O) groups excluding carboxylic acids is 1. The van der Waals surface area contributed by atoms with Crippen molar-refractivity contribution in [2.45, 2.75) is 6.42 Å². The van der Waals surface area contributed by atoms with Crippen LogP contribution in [-0.2, 0) is 11.2 Å². The minimum atomic E-state index is -0.398. The molecule has 0 aliphatic rings. The Hall–Kier alpha value is -2.23. The first-order valence-corrected chi connectivity index (χ1v) is 5.85. The number of likely N-dealkylation sites (N-methyl/N-ethyl adjacent to an activating group) is 1. The zero-order valence-electron chi connectivity index (χ0n) is 10.4. The van der Waals surface area contributed by atoms with E-state index < -0.39 is 5.82 Å². The predicted octanol–water partition coefficient (Wildman–Crippen LogP) is 2.92. The fourth-order valence-corrected chi connectivity index (χ4v) is 1.88. The molecule has 0 saturated heterocycles. The number of amides is 1. The molecule has 0 saturated carbocycles. The topological polar surface area (TPSA) is 29.1 Å². The summed E-state index contributed by atoms with van der Waals surface area (Å²) >= 11 is 0. The first-order valence-electron chi connectivity index (χ1n) is 5.85. The van der Waals surface area contributed by atoms with Crippen molar-refractivity contribution in [3.05, 3.63) is 59.7 Å². The summed E-state index contributed by atoms with van der Waals surface area (Å²) in [6.45, 7) is 0. The molecule has 0 atom stereocenters. The summed E-state index contributed by atoms with van der Waals surface area (Å²) < 4.78 is 26.2. The average Bonchev–Trinajstić information content (AvgIpc) is 2.40. The molecule has 2 rings (SSSR count). The van der Waals surface area contributed by atoms with E-state index in [0.29, 0.717) is 5.56 Å². The van der Waals surface area contributed by atoms with Crippen LogP contribution in [0.1, 0.15) is 5.56 Å². The molecule has 1 amide bonds. The van der Waals surface area contributed by atoms with Crippen LogP contribution in [0.15, 0.2) is 42.5 Å². The molecule has 2 nitrogen and oxygen atoms in total. The van der Waals surface area contributed by atoms with Crippen molar-refractivity contribution in [3.8, 4) is 11.1 Å². The van der Waals surface area contributed by atoms with Crippen LogP contribution >= 0.6 is 0 Å². The van der Waals surface area contributed by atoms with Crippen molar-refractivity contribution in [1.82, 2.24) is 5.32 Å². The maximum absolute atomic E-state index is 13.3. The van der Waals surface area contributed by atoms with Crippen LogP contribution in [0.5, 0.6) is 0 Å². The highest BCUT2D eigenvalue weighted by atomic mass is 19.1. The summed E-state index contributed by atoms with van der Waals surface area (Å²) in [5, 5.41) is 2.50. The molecule has 0 aromatic heterocycles. The lowest BCUT2D eigenvalue weighted by Crippen LogP contribution is -2.20. The molecule has 1 N–H and O–H groups in total. The van der Waals surface area contributed by atoms with Gasteiger partial charge in [0.25, 0.3) is 0 Å². The molecule has 0 aliphatic heterocycles. The number of carbonyl (C=O) groups is 1.